The van der Waals surface area contributed by atoms with Gasteiger partial charge in [0.2, 0.25) is 6.41 Å². The Balaban J connectivity index is 1.70. The van der Waals surface area contributed by atoms with Crippen LogP contribution in [0.5, 0.6) is 0 Å². The van der Waals surface area contributed by atoms with E-state index < -0.39 is 0 Å². The number of aromatic nitrogens is 1. The van der Waals surface area contributed by atoms with Crippen LogP contribution in [0.3, 0.4) is 0 Å². The number of amides is 2. The lowest BCUT2D eigenvalue weighted by molar-refractivity contribution is -0.105. The molecule has 0 spiro atoms. The van der Waals surface area contributed by atoms with Crippen molar-refractivity contribution in [3.63, 3.8) is 0 Å². The minimum atomic E-state index is -0.232. The monoisotopic (exact) mass is 305 g/mol. The second kappa shape index (κ2) is 6.70. The zero-order valence-corrected chi connectivity index (χ0v) is 12.3. The lowest BCUT2D eigenvalue weighted by atomic mass is 10.2. The molecular weight excluding hydrogens is 290 g/mol. The van der Waals surface area contributed by atoms with Gasteiger partial charge in [-0.3, -0.25) is 9.59 Å². The fraction of sp³-hybridized carbons (Fsp3) is 0.0556. The smallest absolute Gasteiger partial charge is 0.270 e. The summed E-state index contributed by atoms with van der Waals surface area (Å²) in [6.45, 7) is 0.363. The number of rotatable bonds is 5. The molecule has 0 saturated heterocycles. The van der Waals surface area contributed by atoms with Gasteiger partial charge in [-0.25, -0.2) is 4.98 Å². The van der Waals surface area contributed by atoms with Crippen molar-refractivity contribution in [2.45, 2.75) is 6.54 Å². The number of hydrogen-bond donors (Lipinski definition) is 2. The maximum Gasteiger partial charge on any atom is 0.270 e. The number of hydrogen-bond acceptors (Lipinski definition) is 3. The predicted octanol–water partition coefficient (Wildman–Crippen LogP) is 2.73. The van der Waals surface area contributed by atoms with E-state index in [1.165, 1.54) is 0 Å². The number of nitrogens with zero attached hydrogens (tertiary/aromatic N) is 1. The summed E-state index contributed by atoms with van der Waals surface area (Å²) < 4.78 is 0. The van der Waals surface area contributed by atoms with E-state index in [1.54, 1.807) is 12.1 Å². The molecule has 3 rings (SSSR count). The molecule has 3 aromatic rings. The molecule has 0 unspecified atom stereocenters. The molecule has 0 saturated carbocycles. The average Bonchev–Trinajstić information content (AvgIpc) is 2.60. The number of carbonyl (C=O) groups is 2. The van der Waals surface area contributed by atoms with E-state index >= 15 is 0 Å². The molecule has 23 heavy (non-hydrogen) atoms. The molecule has 0 radical (unpaired) electrons. The Labute approximate surface area is 133 Å². The number of benzene rings is 2. The summed E-state index contributed by atoms with van der Waals surface area (Å²) in [5, 5.41) is 6.41. The third-order valence-electron chi connectivity index (χ3n) is 3.44. The van der Waals surface area contributed by atoms with Crippen molar-refractivity contribution in [3.05, 3.63) is 71.9 Å². The highest BCUT2D eigenvalue weighted by molar-refractivity contribution is 5.94. The standard InChI is InChI=1S/C18H15N3O2/c22-12-20-15-6-3-4-13(10-15)11-19-18(23)17-9-8-14-5-1-2-7-16(14)21-17/h1-10,12H,11H2,(H,19,23)(H,20,22). The molecule has 2 aromatic carbocycles. The highest BCUT2D eigenvalue weighted by atomic mass is 16.1. The lowest BCUT2D eigenvalue weighted by Gasteiger charge is -2.07. The minimum absolute atomic E-state index is 0.232. The van der Waals surface area contributed by atoms with Crippen molar-refractivity contribution in [1.82, 2.24) is 10.3 Å². The van der Waals surface area contributed by atoms with Crippen LogP contribution in [-0.2, 0) is 11.3 Å². The number of fused-ring (bicyclic) bond motifs is 1. The number of carbonyl (C=O) groups excluding carboxylic acids is 2. The molecule has 0 bridgehead atoms. The summed E-state index contributed by atoms with van der Waals surface area (Å²) in [5.74, 6) is -0.232. The fourth-order valence-corrected chi connectivity index (χ4v) is 2.30. The van der Waals surface area contributed by atoms with Gasteiger partial charge in [0.15, 0.2) is 0 Å². The Bertz CT molecular complexity index is 862. The van der Waals surface area contributed by atoms with E-state index in [9.17, 15) is 9.59 Å². The summed E-state index contributed by atoms with van der Waals surface area (Å²) in [6, 6.07) is 18.5. The zero-order chi connectivity index (χ0) is 16.1. The Morgan fingerprint density at radius 1 is 1.04 bits per heavy atom. The van der Waals surface area contributed by atoms with E-state index in [0.29, 0.717) is 24.3 Å². The molecule has 0 atom stereocenters. The van der Waals surface area contributed by atoms with Gasteiger partial charge in [-0.2, -0.15) is 0 Å². The summed E-state index contributed by atoms with van der Waals surface area (Å²) in [4.78, 5) is 27.0. The van der Waals surface area contributed by atoms with Crippen LogP contribution in [0, 0.1) is 0 Å². The summed E-state index contributed by atoms with van der Waals surface area (Å²) >= 11 is 0. The van der Waals surface area contributed by atoms with Gasteiger partial charge >= 0.3 is 0 Å². The minimum Gasteiger partial charge on any atom is -0.347 e. The van der Waals surface area contributed by atoms with Crippen LogP contribution >= 0.6 is 0 Å². The highest BCUT2D eigenvalue weighted by Crippen LogP contribution is 2.12. The number of anilines is 1. The van der Waals surface area contributed by atoms with E-state index in [4.69, 9.17) is 0 Å². The van der Waals surface area contributed by atoms with Gasteiger partial charge in [-0.1, -0.05) is 36.4 Å². The second-order valence-electron chi connectivity index (χ2n) is 5.03. The third kappa shape index (κ3) is 3.52. The number of nitrogens with one attached hydrogen (secondary N) is 2. The van der Waals surface area contributed by atoms with Gasteiger partial charge in [0.05, 0.1) is 5.52 Å². The largest absolute Gasteiger partial charge is 0.347 e. The van der Waals surface area contributed by atoms with Crippen molar-refractivity contribution >= 4 is 28.9 Å². The first kappa shape index (κ1) is 14.7. The summed E-state index contributed by atoms with van der Waals surface area (Å²) in [6.07, 6.45) is 0.622. The average molecular weight is 305 g/mol. The van der Waals surface area contributed by atoms with Gasteiger partial charge in [0, 0.05) is 17.6 Å². The van der Waals surface area contributed by atoms with E-state index in [0.717, 1.165) is 16.5 Å². The van der Waals surface area contributed by atoms with E-state index in [1.807, 2.05) is 48.5 Å². The normalized spacial score (nSPS) is 10.3. The fourth-order valence-electron chi connectivity index (χ4n) is 2.30. The third-order valence-corrected chi connectivity index (χ3v) is 3.44. The van der Waals surface area contributed by atoms with Crippen molar-refractivity contribution in [1.29, 1.82) is 0 Å². The Morgan fingerprint density at radius 3 is 2.78 bits per heavy atom. The van der Waals surface area contributed by atoms with E-state index in [2.05, 4.69) is 15.6 Å². The van der Waals surface area contributed by atoms with Crippen molar-refractivity contribution in [2.75, 3.05) is 5.32 Å². The molecule has 0 fully saturated rings. The van der Waals surface area contributed by atoms with Gasteiger partial charge in [0.1, 0.15) is 5.69 Å². The van der Waals surface area contributed by atoms with Crippen LogP contribution in [0.15, 0.2) is 60.7 Å². The highest BCUT2D eigenvalue weighted by Gasteiger charge is 2.08. The first-order valence-electron chi connectivity index (χ1n) is 7.19. The lowest BCUT2D eigenvalue weighted by Crippen LogP contribution is -2.23. The first-order chi connectivity index (χ1) is 11.3. The number of pyridine rings is 1. The van der Waals surface area contributed by atoms with Crippen LogP contribution in [-0.4, -0.2) is 17.3 Å². The molecule has 5 nitrogen and oxygen atoms in total. The van der Waals surface area contributed by atoms with Gasteiger partial charge < -0.3 is 10.6 Å². The van der Waals surface area contributed by atoms with Crippen LogP contribution < -0.4 is 10.6 Å². The van der Waals surface area contributed by atoms with Crippen molar-refractivity contribution in [2.24, 2.45) is 0 Å². The van der Waals surface area contributed by atoms with Crippen LogP contribution in [0.1, 0.15) is 16.1 Å². The Kier molecular flexibility index (Phi) is 4.29. The molecule has 2 N–H and O–H groups in total. The number of para-hydroxylation sites is 1. The van der Waals surface area contributed by atoms with Gasteiger partial charge in [0.25, 0.3) is 5.91 Å². The van der Waals surface area contributed by atoms with Crippen LogP contribution in [0.2, 0.25) is 0 Å². The molecule has 1 aromatic heterocycles. The van der Waals surface area contributed by atoms with Gasteiger partial charge in [-0.15, -0.1) is 0 Å². The summed E-state index contributed by atoms with van der Waals surface area (Å²) in [5.41, 5.74) is 2.75. The van der Waals surface area contributed by atoms with E-state index in [-0.39, 0.29) is 5.91 Å². The Hall–Kier alpha value is -3.21. The van der Waals surface area contributed by atoms with Crippen LogP contribution in [0.25, 0.3) is 10.9 Å². The second-order valence-corrected chi connectivity index (χ2v) is 5.03. The van der Waals surface area contributed by atoms with Crippen molar-refractivity contribution in [3.8, 4) is 0 Å². The zero-order valence-electron chi connectivity index (χ0n) is 12.3. The maximum atomic E-state index is 12.2. The summed E-state index contributed by atoms with van der Waals surface area (Å²) in [7, 11) is 0. The predicted molar refractivity (Wildman–Crippen MR) is 89.0 cm³/mol. The molecule has 1 heterocycles. The topological polar surface area (TPSA) is 71.1 Å². The SMILES string of the molecule is O=CNc1cccc(CNC(=O)c2ccc3ccccc3n2)c1. The van der Waals surface area contributed by atoms with Gasteiger partial charge in [-0.05, 0) is 29.8 Å². The van der Waals surface area contributed by atoms with Crippen LogP contribution in [0.4, 0.5) is 5.69 Å². The molecule has 2 amide bonds. The molecule has 114 valence electrons. The first-order valence-corrected chi connectivity index (χ1v) is 7.19. The molecule has 5 heteroatoms. The Morgan fingerprint density at radius 2 is 1.91 bits per heavy atom. The molecule has 0 aliphatic rings. The van der Waals surface area contributed by atoms with Crippen molar-refractivity contribution < 1.29 is 9.59 Å². The molecular formula is C18H15N3O2. The maximum absolute atomic E-state index is 12.2. The molecule has 0 aliphatic carbocycles. The quantitative estimate of drug-likeness (QED) is 0.712. The molecule has 0 aliphatic heterocycles.